The lowest BCUT2D eigenvalue weighted by Gasteiger charge is -2.23. The molecule has 0 saturated heterocycles. The van der Waals surface area contributed by atoms with Crippen molar-refractivity contribution in [2.24, 2.45) is 5.73 Å². The van der Waals surface area contributed by atoms with Gasteiger partial charge in [0.25, 0.3) is 0 Å². The molecule has 0 radical (unpaired) electrons. The van der Waals surface area contributed by atoms with E-state index in [-0.39, 0.29) is 18.6 Å². The summed E-state index contributed by atoms with van der Waals surface area (Å²) in [6.07, 6.45) is -1.70. The molecule has 0 aromatic rings. The molecule has 0 aliphatic carbocycles. The van der Waals surface area contributed by atoms with Crippen LogP contribution in [0.3, 0.4) is 0 Å². The zero-order valence-electron chi connectivity index (χ0n) is 14.4. The molecule has 13 heteroatoms. The number of nitrogens with one attached hydrogen (secondary N) is 2. The molecule has 0 heterocycles. The number of amides is 2. The molecule has 0 aromatic carbocycles. The average molecular weight is 411 g/mol. The number of carbonyl (C=O) groups is 4. The Balaban J connectivity index is 4.86. The molecule has 0 aromatic heterocycles. The molecule has 2 unspecified atom stereocenters. The molecule has 0 bridgehead atoms. The highest BCUT2D eigenvalue weighted by molar-refractivity contribution is 8.00. The van der Waals surface area contributed by atoms with Crippen molar-refractivity contribution < 1.29 is 44.7 Å². The molecule has 0 rings (SSSR count). The normalized spacial score (nSPS) is 15.3. The Morgan fingerprint density at radius 3 is 2.19 bits per heavy atom. The van der Waals surface area contributed by atoms with Crippen molar-refractivity contribution in [3.05, 3.63) is 0 Å². The summed E-state index contributed by atoms with van der Waals surface area (Å²) in [6, 6.07) is -2.45. The third kappa shape index (κ3) is 10.7. The van der Waals surface area contributed by atoms with Gasteiger partial charge in [-0.3, -0.25) is 19.2 Å². The second-order valence-corrected chi connectivity index (χ2v) is 6.79. The molecule has 9 N–H and O–H groups in total. The quantitative estimate of drug-likeness (QED) is 0.139. The second kappa shape index (κ2) is 13.3. The Labute approximate surface area is 159 Å². The molecule has 0 aliphatic rings. The van der Waals surface area contributed by atoms with Gasteiger partial charge in [0.2, 0.25) is 11.8 Å². The molecule has 156 valence electrons. The van der Waals surface area contributed by atoms with E-state index in [0.717, 1.165) is 11.8 Å². The first-order chi connectivity index (χ1) is 12.6. The first kappa shape index (κ1) is 25.1. The molecule has 0 aliphatic heterocycles. The van der Waals surface area contributed by atoms with E-state index in [1.54, 1.807) is 0 Å². The van der Waals surface area contributed by atoms with E-state index < -0.39 is 66.9 Å². The van der Waals surface area contributed by atoms with E-state index in [0.29, 0.717) is 0 Å². The van der Waals surface area contributed by atoms with Crippen molar-refractivity contribution in [1.29, 1.82) is 0 Å². The number of rotatable bonds is 14. The Morgan fingerprint density at radius 2 is 1.70 bits per heavy atom. The number of nitrogens with two attached hydrogens (primary N) is 1. The van der Waals surface area contributed by atoms with Crippen LogP contribution in [0.5, 0.6) is 0 Å². The monoisotopic (exact) mass is 411 g/mol. The van der Waals surface area contributed by atoms with Crippen LogP contribution < -0.4 is 16.4 Å². The number of hydrogen-bond donors (Lipinski definition) is 8. The van der Waals surface area contributed by atoms with Crippen molar-refractivity contribution in [3.8, 4) is 0 Å². The third-order valence-electron chi connectivity index (χ3n) is 3.34. The van der Waals surface area contributed by atoms with E-state index >= 15 is 0 Å². The van der Waals surface area contributed by atoms with Gasteiger partial charge in [0.1, 0.15) is 18.6 Å². The van der Waals surface area contributed by atoms with Crippen molar-refractivity contribution in [3.63, 3.8) is 0 Å². The van der Waals surface area contributed by atoms with Crippen LogP contribution in [0.15, 0.2) is 0 Å². The minimum atomic E-state index is -1.29. The summed E-state index contributed by atoms with van der Waals surface area (Å²) in [5.41, 5.74) is 5.29. The van der Waals surface area contributed by atoms with Crippen molar-refractivity contribution in [2.45, 2.75) is 36.3 Å². The van der Waals surface area contributed by atoms with E-state index in [2.05, 4.69) is 10.6 Å². The summed E-state index contributed by atoms with van der Waals surface area (Å²) in [5, 5.41) is 48.6. The van der Waals surface area contributed by atoms with Crippen molar-refractivity contribution in [1.82, 2.24) is 10.6 Å². The van der Waals surface area contributed by atoms with Crippen molar-refractivity contribution in [2.75, 3.05) is 25.5 Å². The molecule has 2 amide bonds. The fourth-order valence-corrected chi connectivity index (χ4v) is 2.86. The fraction of sp³-hybridized carbons (Fsp3) is 0.714. The second-order valence-electron chi connectivity index (χ2n) is 5.52. The van der Waals surface area contributed by atoms with E-state index in [1.807, 2.05) is 0 Å². The van der Waals surface area contributed by atoms with Gasteiger partial charge in [-0.05, 0) is 6.42 Å². The standard InChI is InChI=1S/C14H25N3O9S/c15-7(14(25)26)1-2-11(21)17-8(13(24)16-3-12(22)23)6-27-10(5-19)9(20)4-18/h7-10,18-20H,1-6,15H2,(H,16,24)(H,17,21)(H,22,23)(H,25,26)/t7-,8-,9?,10?/m0/s1. The number of aliphatic hydroxyl groups excluding tert-OH is 3. The molecule has 4 atom stereocenters. The number of aliphatic carboxylic acids is 2. The van der Waals surface area contributed by atoms with Crippen LogP contribution in [0, 0.1) is 0 Å². The lowest BCUT2D eigenvalue weighted by molar-refractivity contribution is -0.139. The SMILES string of the molecule is N[C@@H](CCC(=O)N[C@@H](CSC(CO)C(O)CO)C(=O)NCC(=O)O)C(=O)O. The number of carboxylic acids is 2. The topological polar surface area (TPSA) is 220 Å². The fourth-order valence-electron chi connectivity index (χ4n) is 1.77. The van der Waals surface area contributed by atoms with Gasteiger partial charge in [-0.1, -0.05) is 0 Å². The summed E-state index contributed by atoms with van der Waals surface area (Å²) in [5.74, 6) is -4.19. The molecule has 0 fully saturated rings. The van der Waals surface area contributed by atoms with Gasteiger partial charge in [0, 0.05) is 12.2 Å². The van der Waals surface area contributed by atoms with Crippen LogP contribution in [-0.4, -0.2) is 98.2 Å². The maximum atomic E-state index is 12.1. The molecule has 12 nitrogen and oxygen atoms in total. The van der Waals surface area contributed by atoms with Gasteiger partial charge in [-0.15, -0.1) is 0 Å². The predicted molar refractivity (Wildman–Crippen MR) is 93.8 cm³/mol. The molecule has 0 spiro atoms. The Kier molecular flexibility index (Phi) is 12.3. The van der Waals surface area contributed by atoms with Gasteiger partial charge < -0.3 is 41.9 Å². The molecular weight excluding hydrogens is 386 g/mol. The van der Waals surface area contributed by atoms with Gasteiger partial charge in [0.05, 0.1) is 24.6 Å². The summed E-state index contributed by atoms with van der Waals surface area (Å²) in [7, 11) is 0. The average Bonchev–Trinajstić information content (AvgIpc) is 2.62. The Bertz CT molecular complexity index is 520. The first-order valence-corrected chi connectivity index (χ1v) is 8.95. The first-order valence-electron chi connectivity index (χ1n) is 7.91. The lowest BCUT2D eigenvalue weighted by Crippen LogP contribution is -2.50. The zero-order chi connectivity index (χ0) is 21.0. The smallest absolute Gasteiger partial charge is 0.322 e. The van der Waals surface area contributed by atoms with Crippen LogP contribution in [-0.2, 0) is 19.2 Å². The van der Waals surface area contributed by atoms with E-state index in [1.165, 1.54) is 0 Å². The largest absolute Gasteiger partial charge is 0.480 e. The molecular formula is C14H25N3O9S. The molecule has 0 saturated carbocycles. The Hall–Kier alpha value is -1.93. The lowest BCUT2D eigenvalue weighted by atomic mass is 10.1. The third-order valence-corrected chi connectivity index (χ3v) is 4.76. The van der Waals surface area contributed by atoms with Gasteiger partial charge in [0.15, 0.2) is 0 Å². The summed E-state index contributed by atoms with van der Waals surface area (Å²) in [6.45, 7) is -1.80. The van der Waals surface area contributed by atoms with Crippen LogP contribution >= 0.6 is 11.8 Å². The number of carboxylic acid groups (broad SMARTS) is 2. The Morgan fingerprint density at radius 1 is 1.07 bits per heavy atom. The number of thioether (sulfide) groups is 1. The van der Waals surface area contributed by atoms with Crippen LogP contribution in [0.25, 0.3) is 0 Å². The van der Waals surface area contributed by atoms with Crippen LogP contribution in [0.2, 0.25) is 0 Å². The summed E-state index contributed by atoms with van der Waals surface area (Å²) in [4.78, 5) is 45.2. The number of hydrogen-bond acceptors (Lipinski definition) is 9. The van der Waals surface area contributed by atoms with Crippen LogP contribution in [0.4, 0.5) is 0 Å². The highest BCUT2D eigenvalue weighted by Crippen LogP contribution is 2.16. The van der Waals surface area contributed by atoms with Crippen LogP contribution in [0.1, 0.15) is 12.8 Å². The van der Waals surface area contributed by atoms with Crippen molar-refractivity contribution >= 4 is 35.5 Å². The van der Waals surface area contributed by atoms with Gasteiger partial charge >= 0.3 is 11.9 Å². The summed E-state index contributed by atoms with van der Waals surface area (Å²) < 4.78 is 0. The highest BCUT2D eigenvalue weighted by atomic mass is 32.2. The predicted octanol–water partition coefficient (Wildman–Crippen LogP) is -3.69. The van der Waals surface area contributed by atoms with Gasteiger partial charge in [-0.25, -0.2) is 0 Å². The number of aliphatic hydroxyl groups is 3. The minimum Gasteiger partial charge on any atom is -0.480 e. The zero-order valence-corrected chi connectivity index (χ0v) is 15.2. The van der Waals surface area contributed by atoms with E-state index in [9.17, 15) is 29.4 Å². The number of carbonyl (C=O) groups excluding carboxylic acids is 2. The van der Waals surface area contributed by atoms with E-state index in [4.69, 9.17) is 21.1 Å². The maximum absolute atomic E-state index is 12.1. The minimum absolute atomic E-state index is 0.134. The highest BCUT2D eigenvalue weighted by Gasteiger charge is 2.26. The summed E-state index contributed by atoms with van der Waals surface area (Å²) >= 11 is 0.894. The van der Waals surface area contributed by atoms with Gasteiger partial charge in [-0.2, -0.15) is 11.8 Å². The molecule has 27 heavy (non-hydrogen) atoms. The maximum Gasteiger partial charge on any atom is 0.322 e.